The maximum atomic E-state index is 5.73. The van der Waals surface area contributed by atoms with E-state index in [4.69, 9.17) is 5.73 Å². The third-order valence-corrected chi connectivity index (χ3v) is 3.31. The van der Waals surface area contributed by atoms with Gasteiger partial charge in [0.2, 0.25) is 0 Å². The van der Waals surface area contributed by atoms with Crippen molar-refractivity contribution in [1.82, 2.24) is 10.3 Å². The van der Waals surface area contributed by atoms with Crippen molar-refractivity contribution in [2.45, 2.75) is 26.7 Å². The van der Waals surface area contributed by atoms with Crippen LogP contribution in [0.25, 0.3) is 0 Å². The van der Waals surface area contributed by atoms with Crippen molar-refractivity contribution < 1.29 is 0 Å². The Balaban J connectivity index is 0.00000289. The molecule has 102 valence electrons. The van der Waals surface area contributed by atoms with Crippen molar-refractivity contribution in [2.24, 2.45) is 10.7 Å². The van der Waals surface area contributed by atoms with Gasteiger partial charge < -0.3 is 11.1 Å². The fraction of sp³-hybridized carbons (Fsp3) is 0.500. The summed E-state index contributed by atoms with van der Waals surface area (Å²) in [6, 6.07) is 0. The average Bonchev–Trinajstić information content (AvgIpc) is 2.70. The predicted octanol–water partition coefficient (Wildman–Crippen LogP) is 2.65. The van der Waals surface area contributed by atoms with Crippen LogP contribution in [0, 0.1) is 6.92 Å². The monoisotopic (exact) mass is 380 g/mol. The van der Waals surface area contributed by atoms with Gasteiger partial charge in [-0.05, 0) is 13.8 Å². The van der Waals surface area contributed by atoms with Gasteiger partial charge in [0, 0.05) is 23.5 Å². The van der Waals surface area contributed by atoms with Crippen LogP contribution < -0.4 is 11.1 Å². The Hall–Kier alpha value is -0.630. The molecule has 1 aromatic heterocycles. The zero-order chi connectivity index (χ0) is 12.8. The van der Waals surface area contributed by atoms with E-state index in [1.165, 1.54) is 4.88 Å². The van der Waals surface area contributed by atoms with Gasteiger partial charge in [-0.3, -0.25) is 4.99 Å². The van der Waals surface area contributed by atoms with E-state index in [9.17, 15) is 0 Å². The number of halogens is 1. The van der Waals surface area contributed by atoms with E-state index in [-0.39, 0.29) is 24.0 Å². The fourth-order valence-corrected chi connectivity index (χ4v) is 2.03. The number of hydrogen-bond acceptors (Lipinski definition) is 3. The van der Waals surface area contributed by atoms with Crippen LogP contribution in [0.1, 0.15) is 29.7 Å². The second-order valence-electron chi connectivity index (χ2n) is 4.25. The summed E-state index contributed by atoms with van der Waals surface area (Å²) >= 11 is 1.71. The van der Waals surface area contributed by atoms with E-state index >= 15 is 0 Å². The highest BCUT2D eigenvalue weighted by molar-refractivity contribution is 14.0. The van der Waals surface area contributed by atoms with E-state index in [0.29, 0.717) is 25.0 Å². The Labute approximate surface area is 130 Å². The van der Waals surface area contributed by atoms with Crippen molar-refractivity contribution in [2.75, 3.05) is 13.1 Å². The molecule has 4 nitrogen and oxygen atoms in total. The third-order valence-electron chi connectivity index (χ3n) is 2.17. The average molecular weight is 380 g/mol. The molecule has 3 N–H and O–H groups in total. The van der Waals surface area contributed by atoms with Gasteiger partial charge in [0.25, 0.3) is 0 Å². The number of guanidine groups is 1. The maximum Gasteiger partial charge on any atom is 0.188 e. The maximum absolute atomic E-state index is 5.73. The molecule has 0 amide bonds. The van der Waals surface area contributed by atoms with Gasteiger partial charge >= 0.3 is 0 Å². The molecule has 0 spiro atoms. The Morgan fingerprint density at radius 2 is 2.33 bits per heavy atom. The first-order valence-electron chi connectivity index (χ1n) is 5.59. The fourth-order valence-electron chi connectivity index (χ4n) is 1.21. The Morgan fingerprint density at radius 3 is 2.83 bits per heavy atom. The normalized spacial score (nSPS) is 12.7. The van der Waals surface area contributed by atoms with Gasteiger partial charge in [0.05, 0.1) is 11.6 Å². The molecule has 0 bridgehead atoms. The lowest BCUT2D eigenvalue weighted by molar-refractivity contribution is 0.760. The standard InChI is InChI=1S/C12H20N4S.HI/c1-8(2)5-15-12(13)16-6-9(3)11-14-7-10(4)17-11;/h7,9H,1,5-6H2,2-4H3,(H3,13,15,16);1H. The minimum atomic E-state index is 0. The zero-order valence-corrected chi connectivity index (χ0v) is 14.2. The van der Waals surface area contributed by atoms with Gasteiger partial charge in [-0.15, -0.1) is 35.3 Å². The molecule has 0 saturated carbocycles. The number of nitrogens with zero attached hydrogens (tertiary/aromatic N) is 2. The number of aryl methyl sites for hydroxylation is 1. The van der Waals surface area contributed by atoms with Crippen molar-refractivity contribution in [1.29, 1.82) is 0 Å². The SMILES string of the molecule is C=C(C)CNC(N)=NCC(C)c1ncc(C)s1.I. The summed E-state index contributed by atoms with van der Waals surface area (Å²) < 4.78 is 0. The lowest BCUT2D eigenvalue weighted by Crippen LogP contribution is -2.33. The molecule has 6 heteroatoms. The molecule has 1 rings (SSSR count). The first kappa shape index (κ1) is 17.4. The van der Waals surface area contributed by atoms with Gasteiger partial charge in [0.15, 0.2) is 5.96 Å². The highest BCUT2D eigenvalue weighted by Gasteiger charge is 2.08. The number of rotatable bonds is 5. The molecule has 0 aliphatic rings. The van der Waals surface area contributed by atoms with Crippen molar-refractivity contribution >= 4 is 41.3 Å². The molecule has 1 unspecified atom stereocenters. The molecule has 0 aromatic carbocycles. The molecule has 0 aliphatic heterocycles. The van der Waals surface area contributed by atoms with Crippen LogP contribution in [0.2, 0.25) is 0 Å². The third kappa shape index (κ3) is 6.34. The number of nitrogens with two attached hydrogens (primary N) is 1. The molecule has 0 fully saturated rings. The van der Waals surface area contributed by atoms with E-state index in [1.807, 2.05) is 13.1 Å². The van der Waals surface area contributed by atoms with Crippen molar-refractivity contribution in [3.63, 3.8) is 0 Å². The first-order chi connectivity index (χ1) is 7.99. The van der Waals surface area contributed by atoms with E-state index in [1.54, 1.807) is 11.3 Å². The zero-order valence-electron chi connectivity index (χ0n) is 11.1. The highest BCUT2D eigenvalue weighted by atomic mass is 127. The van der Waals surface area contributed by atoms with E-state index < -0.39 is 0 Å². The van der Waals surface area contributed by atoms with E-state index in [0.717, 1.165) is 10.6 Å². The summed E-state index contributed by atoms with van der Waals surface area (Å²) in [5, 5.41) is 4.12. The minimum Gasteiger partial charge on any atom is -0.370 e. The largest absolute Gasteiger partial charge is 0.370 e. The van der Waals surface area contributed by atoms with Crippen LogP contribution in [-0.2, 0) is 0 Å². The Bertz CT molecular complexity index is 414. The molecule has 1 heterocycles. The molecular formula is C12H21IN4S. The van der Waals surface area contributed by atoms with Crippen molar-refractivity contribution in [3.8, 4) is 0 Å². The molecule has 1 atom stereocenters. The van der Waals surface area contributed by atoms with E-state index in [2.05, 4.69) is 35.7 Å². The van der Waals surface area contributed by atoms with Gasteiger partial charge in [-0.1, -0.05) is 19.1 Å². The number of nitrogens with one attached hydrogen (secondary N) is 1. The second kappa shape index (κ2) is 8.47. The van der Waals surface area contributed by atoms with Crippen molar-refractivity contribution in [3.05, 3.63) is 28.2 Å². The molecule has 1 aromatic rings. The summed E-state index contributed by atoms with van der Waals surface area (Å²) in [5.41, 5.74) is 6.77. The second-order valence-corrected chi connectivity index (χ2v) is 5.51. The minimum absolute atomic E-state index is 0. The summed E-state index contributed by atoms with van der Waals surface area (Å²) in [5.74, 6) is 0.770. The summed E-state index contributed by atoms with van der Waals surface area (Å²) in [6.45, 7) is 11.2. The molecular weight excluding hydrogens is 359 g/mol. The highest BCUT2D eigenvalue weighted by Crippen LogP contribution is 2.20. The summed E-state index contributed by atoms with van der Waals surface area (Å²) in [4.78, 5) is 9.86. The predicted molar refractivity (Wildman–Crippen MR) is 90.0 cm³/mol. The Morgan fingerprint density at radius 1 is 1.67 bits per heavy atom. The summed E-state index contributed by atoms with van der Waals surface area (Å²) in [7, 11) is 0. The topological polar surface area (TPSA) is 63.3 Å². The van der Waals surface area contributed by atoms with Crippen LogP contribution in [0.15, 0.2) is 23.3 Å². The van der Waals surface area contributed by atoms with Crippen LogP contribution in [-0.4, -0.2) is 24.0 Å². The Kier molecular flexibility index (Phi) is 8.17. The van der Waals surface area contributed by atoms with Crippen LogP contribution >= 0.6 is 35.3 Å². The lowest BCUT2D eigenvalue weighted by Gasteiger charge is -2.07. The number of aliphatic imine (C=N–C) groups is 1. The number of thiazole rings is 1. The van der Waals surface area contributed by atoms with Crippen LogP contribution in [0.4, 0.5) is 0 Å². The quantitative estimate of drug-likeness (QED) is 0.357. The molecule has 0 radical (unpaired) electrons. The summed E-state index contributed by atoms with van der Waals surface area (Å²) in [6.07, 6.45) is 1.89. The smallest absolute Gasteiger partial charge is 0.188 e. The number of aromatic nitrogens is 1. The van der Waals surface area contributed by atoms with Gasteiger partial charge in [-0.2, -0.15) is 0 Å². The van der Waals surface area contributed by atoms with Gasteiger partial charge in [0.1, 0.15) is 0 Å². The molecule has 0 aliphatic carbocycles. The molecule has 18 heavy (non-hydrogen) atoms. The first-order valence-corrected chi connectivity index (χ1v) is 6.41. The van der Waals surface area contributed by atoms with Crippen LogP contribution in [0.3, 0.4) is 0 Å². The lowest BCUT2D eigenvalue weighted by atomic mass is 10.2. The van der Waals surface area contributed by atoms with Gasteiger partial charge in [-0.25, -0.2) is 4.98 Å². The van der Waals surface area contributed by atoms with Crippen LogP contribution in [0.5, 0.6) is 0 Å². The number of hydrogen-bond donors (Lipinski definition) is 2. The molecule has 0 saturated heterocycles.